The van der Waals surface area contributed by atoms with Crippen LogP contribution in [0.5, 0.6) is 5.75 Å². The van der Waals surface area contributed by atoms with Gasteiger partial charge in [-0.3, -0.25) is 0 Å². The van der Waals surface area contributed by atoms with E-state index in [1.54, 1.807) is 0 Å². The molecule has 1 aromatic carbocycles. The van der Waals surface area contributed by atoms with E-state index in [1.807, 2.05) is 18.2 Å². The van der Waals surface area contributed by atoms with Gasteiger partial charge >= 0.3 is 0 Å². The molecule has 0 aliphatic carbocycles. The van der Waals surface area contributed by atoms with Gasteiger partial charge in [0.05, 0.1) is 16.8 Å². The van der Waals surface area contributed by atoms with Crippen LogP contribution in [0.25, 0.3) is 0 Å². The summed E-state index contributed by atoms with van der Waals surface area (Å²) in [6, 6.07) is 5.95. The van der Waals surface area contributed by atoms with E-state index in [9.17, 15) is 8.42 Å². The van der Waals surface area contributed by atoms with Crippen molar-refractivity contribution in [2.75, 3.05) is 18.6 Å². The fraction of sp³-hybridized carbons (Fsp3) is 0.571. The number of nitrogens with two attached hydrogens (primary N) is 1. The summed E-state index contributed by atoms with van der Waals surface area (Å²) in [5, 5.41) is 0. The molecule has 1 unspecified atom stereocenters. The minimum Gasteiger partial charge on any atom is -0.492 e. The van der Waals surface area contributed by atoms with Gasteiger partial charge in [-0.1, -0.05) is 19.1 Å². The molecule has 114 valence electrons. The van der Waals surface area contributed by atoms with E-state index in [0.29, 0.717) is 13.0 Å². The topological polar surface area (TPSA) is 69.4 Å². The molecule has 0 spiro atoms. The molecule has 0 aliphatic rings. The highest BCUT2D eigenvalue weighted by atomic mass is 79.9. The molecule has 0 aliphatic heterocycles. The molecule has 0 aromatic heterocycles. The maximum absolute atomic E-state index is 11.1. The molecule has 0 heterocycles. The summed E-state index contributed by atoms with van der Waals surface area (Å²) in [5.41, 5.74) is 7.03. The SMILES string of the molecule is CCC(N)Cc1cccc(Br)c1OCCCS(C)(=O)=O. The fourth-order valence-corrected chi connectivity index (χ4v) is 2.96. The summed E-state index contributed by atoms with van der Waals surface area (Å²) in [4.78, 5) is 0. The number of sulfone groups is 1. The molecule has 0 saturated heterocycles. The predicted molar refractivity (Wildman–Crippen MR) is 85.9 cm³/mol. The smallest absolute Gasteiger partial charge is 0.147 e. The van der Waals surface area contributed by atoms with E-state index in [4.69, 9.17) is 10.5 Å². The lowest BCUT2D eigenvalue weighted by Gasteiger charge is -2.15. The Morgan fingerprint density at radius 3 is 2.70 bits per heavy atom. The summed E-state index contributed by atoms with van der Waals surface area (Å²) in [6.07, 6.45) is 3.37. The van der Waals surface area contributed by atoms with E-state index >= 15 is 0 Å². The summed E-state index contributed by atoms with van der Waals surface area (Å²) >= 11 is 3.47. The van der Waals surface area contributed by atoms with E-state index in [2.05, 4.69) is 22.9 Å². The van der Waals surface area contributed by atoms with Gasteiger partial charge < -0.3 is 10.5 Å². The van der Waals surface area contributed by atoms with Gasteiger partial charge in [-0.25, -0.2) is 8.42 Å². The number of hydrogen-bond acceptors (Lipinski definition) is 4. The van der Waals surface area contributed by atoms with Gasteiger partial charge in [-0.15, -0.1) is 0 Å². The van der Waals surface area contributed by atoms with Crippen molar-refractivity contribution in [2.24, 2.45) is 5.73 Å². The van der Waals surface area contributed by atoms with Crippen molar-refractivity contribution >= 4 is 25.8 Å². The van der Waals surface area contributed by atoms with Crippen molar-refractivity contribution in [2.45, 2.75) is 32.2 Å². The Hall–Kier alpha value is -0.590. The predicted octanol–water partition coefficient (Wildman–Crippen LogP) is 2.54. The molecule has 1 atom stereocenters. The minimum atomic E-state index is -2.93. The molecule has 1 aromatic rings. The minimum absolute atomic E-state index is 0.0997. The quantitative estimate of drug-likeness (QED) is 0.720. The Morgan fingerprint density at radius 1 is 1.40 bits per heavy atom. The zero-order valence-electron chi connectivity index (χ0n) is 11.9. The Bertz CT molecular complexity index is 531. The largest absolute Gasteiger partial charge is 0.492 e. The van der Waals surface area contributed by atoms with E-state index in [0.717, 1.165) is 28.6 Å². The molecule has 2 N–H and O–H groups in total. The number of hydrogen-bond donors (Lipinski definition) is 1. The highest BCUT2D eigenvalue weighted by Crippen LogP contribution is 2.30. The number of rotatable bonds is 8. The molecule has 0 amide bonds. The lowest BCUT2D eigenvalue weighted by Crippen LogP contribution is -2.22. The molecule has 1 rings (SSSR count). The van der Waals surface area contributed by atoms with Gasteiger partial charge in [0.1, 0.15) is 15.6 Å². The first kappa shape index (κ1) is 17.5. The number of halogens is 1. The third-order valence-electron chi connectivity index (χ3n) is 2.96. The van der Waals surface area contributed by atoms with Crippen LogP contribution in [0, 0.1) is 0 Å². The van der Waals surface area contributed by atoms with Gasteiger partial charge in [-0.05, 0) is 46.8 Å². The zero-order valence-corrected chi connectivity index (χ0v) is 14.3. The highest BCUT2D eigenvalue weighted by molar-refractivity contribution is 9.10. The van der Waals surface area contributed by atoms with Crippen molar-refractivity contribution in [1.29, 1.82) is 0 Å². The maximum Gasteiger partial charge on any atom is 0.147 e. The van der Waals surface area contributed by atoms with Crippen LogP contribution in [0.2, 0.25) is 0 Å². The summed E-state index contributed by atoms with van der Waals surface area (Å²) < 4.78 is 28.8. The average Bonchev–Trinajstić information content (AvgIpc) is 2.35. The second kappa shape index (κ2) is 8.00. The zero-order chi connectivity index (χ0) is 15.2. The molecule has 0 saturated carbocycles. The highest BCUT2D eigenvalue weighted by Gasteiger charge is 2.11. The summed E-state index contributed by atoms with van der Waals surface area (Å²) in [6.45, 7) is 2.43. The van der Waals surface area contributed by atoms with E-state index in [1.165, 1.54) is 6.26 Å². The molecule has 0 radical (unpaired) electrons. The van der Waals surface area contributed by atoms with Gasteiger partial charge in [0, 0.05) is 12.3 Å². The third-order valence-corrected chi connectivity index (χ3v) is 4.62. The fourth-order valence-electron chi connectivity index (χ4n) is 1.80. The van der Waals surface area contributed by atoms with Crippen LogP contribution in [0.15, 0.2) is 22.7 Å². The molecule has 20 heavy (non-hydrogen) atoms. The van der Waals surface area contributed by atoms with Gasteiger partial charge in [0.25, 0.3) is 0 Å². The van der Waals surface area contributed by atoms with Crippen molar-refractivity contribution in [3.8, 4) is 5.75 Å². The summed E-state index contributed by atoms with van der Waals surface area (Å²) in [5.74, 6) is 0.909. The van der Waals surface area contributed by atoms with E-state index < -0.39 is 9.84 Å². The van der Waals surface area contributed by atoms with Crippen molar-refractivity contribution < 1.29 is 13.2 Å². The second-order valence-electron chi connectivity index (χ2n) is 4.93. The number of ether oxygens (including phenoxy) is 1. The van der Waals surface area contributed by atoms with Crippen LogP contribution < -0.4 is 10.5 Å². The monoisotopic (exact) mass is 363 g/mol. The maximum atomic E-state index is 11.1. The lowest BCUT2D eigenvalue weighted by molar-refractivity contribution is 0.311. The Labute approximate surface area is 129 Å². The van der Waals surface area contributed by atoms with Gasteiger partial charge in [0.15, 0.2) is 0 Å². The van der Waals surface area contributed by atoms with Crippen molar-refractivity contribution in [3.05, 3.63) is 28.2 Å². The molecular formula is C14H22BrNO3S. The Kier molecular flexibility index (Phi) is 6.99. The Balaban J connectivity index is 2.68. The van der Waals surface area contributed by atoms with Crippen LogP contribution in [0.4, 0.5) is 0 Å². The van der Waals surface area contributed by atoms with Gasteiger partial charge in [-0.2, -0.15) is 0 Å². The van der Waals surface area contributed by atoms with Crippen LogP contribution in [0.3, 0.4) is 0 Å². The molecule has 4 nitrogen and oxygen atoms in total. The van der Waals surface area contributed by atoms with Crippen molar-refractivity contribution in [1.82, 2.24) is 0 Å². The van der Waals surface area contributed by atoms with Crippen LogP contribution in [0.1, 0.15) is 25.3 Å². The molecule has 0 fully saturated rings. The van der Waals surface area contributed by atoms with Crippen LogP contribution in [-0.4, -0.2) is 33.1 Å². The lowest BCUT2D eigenvalue weighted by atomic mass is 10.0. The first-order chi connectivity index (χ1) is 9.33. The first-order valence-corrected chi connectivity index (χ1v) is 9.52. The van der Waals surface area contributed by atoms with Crippen LogP contribution in [-0.2, 0) is 16.3 Å². The second-order valence-corrected chi connectivity index (χ2v) is 8.05. The third kappa shape index (κ3) is 6.24. The van der Waals surface area contributed by atoms with Gasteiger partial charge in [0.2, 0.25) is 0 Å². The molecule has 6 heteroatoms. The first-order valence-electron chi connectivity index (χ1n) is 6.67. The number of benzene rings is 1. The van der Waals surface area contributed by atoms with Crippen molar-refractivity contribution in [3.63, 3.8) is 0 Å². The van der Waals surface area contributed by atoms with Crippen LogP contribution >= 0.6 is 15.9 Å². The average molecular weight is 364 g/mol. The molecular weight excluding hydrogens is 342 g/mol. The summed E-state index contributed by atoms with van der Waals surface area (Å²) in [7, 11) is -2.93. The number of para-hydroxylation sites is 1. The standard InChI is InChI=1S/C14H22BrNO3S/c1-3-12(16)10-11-6-4-7-13(15)14(11)19-8-5-9-20(2,17)18/h4,6-7,12H,3,5,8-10,16H2,1-2H3. The van der Waals surface area contributed by atoms with E-state index in [-0.39, 0.29) is 11.8 Å². The molecule has 0 bridgehead atoms. The Morgan fingerprint density at radius 2 is 2.10 bits per heavy atom. The normalized spacial score (nSPS) is 13.2.